The largest absolute Gasteiger partial charge is 0.369 e. The molecule has 0 radical (unpaired) electrons. The maximum absolute atomic E-state index is 13.1. The second kappa shape index (κ2) is 10.4. The van der Waals surface area contributed by atoms with E-state index in [1.54, 1.807) is 25.4 Å². The van der Waals surface area contributed by atoms with Gasteiger partial charge in [0.2, 0.25) is 5.91 Å². The molecule has 0 spiro atoms. The standard InChI is InChI=1S/C23H27FN6O/c1-26-23(28-13-18(22(25)31)12-16-8-10-19(24)11-9-16)30(2)15-21-27-14-20(29-21)17-6-4-3-5-7-17/h3-11,14,18H,12-13,15H2,1-2H3,(H2,25,31)(H,26,28)(H,27,29). The zero-order valence-electron chi connectivity index (χ0n) is 17.7. The Morgan fingerprint density at radius 2 is 1.94 bits per heavy atom. The number of hydrogen-bond donors (Lipinski definition) is 3. The summed E-state index contributed by atoms with van der Waals surface area (Å²) < 4.78 is 13.1. The number of hydrogen-bond acceptors (Lipinski definition) is 3. The molecule has 1 atom stereocenters. The predicted octanol–water partition coefficient (Wildman–Crippen LogP) is 2.57. The average Bonchev–Trinajstić information content (AvgIpc) is 3.23. The van der Waals surface area contributed by atoms with Gasteiger partial charge in [0, 0.05) is 20.6 Å². The highest BCUT2D eigenvalue weighted by Gasteiger charge is 2.18. The van der Waals surface area contributed by atoms with Crippen molar-refractivity contribution < 1.29 is 9.18 Å². The van der Waals surface area contributed by atoms with Gasteiger partial charge in [0.05, 0.1) is 24.4 Å². The quantitative estimate of drug-likeness (QED) is 0.384. The number of nitrogens with one attached hydrogen (secondary N) is 2. The van der Waals surface area contributed by atoms with Gasteiger partial charge in [-0.15, -0.1) is 0 Å². The minimum atomic E-state index is -0.455. The number of guanidine groups is 1. The Morgan fingerprint density at radius 1 is 1.23 bits per heavy atom. The first kappa shape index (κ1) is 22.0. The van der Waals surface area contributed by atoms with Gasteiger partial charge in [0.15, 0.2) is 5.96 Å². The molecule has 1 heterocycles. The molecule has 7 nitrogen and oxygen atoms in total. The Hall–Kier alpha value is -3.68. The second-order valence-electron chi connectivity index (χ2n) is 7.32. The van der Waals surface area contributed by atoms with Gasteiger partial charge in [-0.05, 0) is 29.7 Å². The van der Waals surface area contributed by atoms with Crippen LogP contribution in [0.5, 0.6) is 0 Å². The van der Waals surface area contributed by atoms with E-state index in [2.05, 4.69) is 20.3 Å². The summed E-state index contributed by atoms with van der Waals surface area (Å²) in [4.78, 5) is 25.9. The number of rotatable bonds is 8. The summed E-state index contributed by atoms with van der Waals surface area (Å²) in [6.45, 7) is 0.822. The number of halogens is 1. The second-order valence-corrected chi connectivity index (χ2v) is 7.32. The first-order chi connectivity index (χ1) is 15.0. The fraction of sp³-hybridized carbons (Fsp3) is 0.261. The molecule has 162 valence electrons. The minimum Gasteiger partial charge on any atom is -0.369 e. The van der Waals surface area contributed by atoms with Crippen LogP contribution >= 0.6 is 0 Å². The normalized spacial score (nSPS) is 12.4. The van der Waals surface area contributed by atoms with Crippen LogP contribution in [0.2, 0.25) is 0 Å². The van der Waals surface area contributed by atoms with Crippen molar-refractivity contribution in [3.05, 3.63) is 78.0 Å². The molecule has 0 saturated carbocycles. The molecule has 2 aromatic carbocycles. The van der Waals surface area contributed by atoms with Gasteiger partial charge in [-0.25, -0.2) is 9.37 Å². The molecule has 3 aromatic rings. The van der Waals surface area contributed by atoms with Crippen LogP contribution in [0, 0.1) is 11.7 Å². The van der Waals surface area contributed by atoms with Crippen molar-refractivity contribution >= 4 is 11.9 Å². The molecule has 0 aliphatic carbocycles. The number of benzene rings is 2. The molecule has 1 unspecified atom stereocenters. The third-order valence-corrected chi connectivity index (χ3v) is 4.98. The lowest BCUT2D eigenvalue weighted by atomic mass is 9.98. The van der Waals surface area contributed by atoms with Crippen LogP contribution in [-0.2, 0) is 17.8 Å². The molecule has 0 bridgehead atoms. The molecule has 0 aliphatic heterocycles. The Labute approximate surface area is 181 Å². The number of carbonyl (C=O) groups is 1. The lowest BCUT2D eigenvalue weighted by molar-refractivity contribution is -0.121. The lowest BCUT2D eigenvalue weighted by Crippen LogP contribution is -2.43. The summed E-state index contributed by atoms with van der Waals surface area (Å²) in [5.74, 6) is 0.218. The van der Waals surface area contributed by atoms with Gasteiger partial charge in [-0.2, -0.15) is 0 Å². The van der Waals surface area contributed by atoms with Gasteiger partial charge >= 0.3 is 0 Å². The Kier molecular flexibility index (Phi) is 7.37. The summed E-state index contributed by atoms with van der Waals surface area (Å²) >= 11 is 0. The number of nitrogens with two attached hydrogens (primary N) is 1. The number of carbonyl (C=O) groups excluding carboxylic acids is 1. The number of aromatic nitrogens is 2. The fourth-order valence-corrected chi connectivity index (χ4v) is 3.28. The van der Waals surface area contributed by atoms with Crippen LogP contribution in [0.25, 0.3) is 11.3 Å². The Balaban J connectivity index is 1.58. The van der Waals surface area contributed by atoms with E-state index in [0.29, 0.717) is 25.5 Å². The number of nitrogens with zero attached hydrogens (tertiary/aromatic N) is 3. The van der Waals surface area contributed by atoms with Crippen LogP contribution in [0.1, 0.15) is 11.4 Å². The van der Waals surface area contributed by atoms with Crippen LogP contribution in [0.15, 0.2) is 65.8 Å². The van der Waals surface area contributed by atoms with Crippen LogP contribution < -0.4 is 11.1 Å². The van der Waals surface area contributed by atoms with E-state index in [1.807, 2.05) is 42.3 Å². The van der Waals surface area contributed by atoms with Gasteiger partial charge < -0.3 is 20.9 Å². The highest BCUT2D eigenvalue weighted by atomic mass is 19.1. The lowest BCUT2D eigenvalue weighted by Gasteiger charge is -2.23. The molecule has 0 saturated heterocycles. The molecule has 4 N–H and O–H groups in total. The van der Waals surface area contributed by atoms with E-state index < -0.39 is 11.8 Å². The number of H-pyrrole nitrogens is 1. The maximum Gasteiger partial charge on any atom is 0.222 e. The van der Waals surface area contributed by atoms with E-state index in [-0.39, 0.29) is 5.82 Å². The SMILES string of the molecule is CN=C(NCC(Cc1ccc(F)cc1)C(N)=O)N(C)Cc1ncc(-c2ccccc2)[nH]1. The molecule has 1 aromatic heterocycles. The number of amides is 1. The summed E-state index contributed by atoms with van der Waals surface area (Å²) in [5.41, 5.74) is 8.44. The first-order valence-corrected chi connectivity index (χ1v) is 10.0. The van der Waals surface area contributed by atoms with E-state index in [9.17, 15) is 9.18 Å². The highest BCUT2D eigenvalue weighted by Crippen LogP contribution is 2.16. The molecule has 31 heavy (non-hydrogen) atoms. The van der Waals surface area contributed by atoms with Crippen molar-refractivity contribution in [3.8, 4) is 11.3 Å². The van der Waals surface area contributed by atoms with Gasteiger partial charge in [0.25, 0.3) is 0 Å². The molecule has 0 fully saturated rings. The zero-order valence-corrected chi connectivity index (χ0v) is 17.7. The van der Waals surface area contributed by atoms with E-state index in [1.165, 1.54) is 12.1 Å². The Morgan fingerprint density at radius 3 is 2.58 bits per heavy atom. The topological polar surface area (TPSA) is 99.4 Å². The summed E-state index contributed by atoms with van der Waals surface area (Å²) in [7, 11) is 3.56. The fourth-order valence-electron chi connectivity index (χ4n) is 3.28. The molecule has 8 heteroatoms. The van der Waals surface area contributed by atoms with Crippen molar-refractivity contribution in [1.82, 2.24) is 20.2 Å². The van der Waals surface area contributed by atoms with Crippen molar-refractivity contribution in [2.24, 2.45) is 16.6 Å². The minimum absolute atomic E-state index is 0.312. The predicted molar refractivity (Wildman–Crippen MR) is 120 cm³/mol. The van der Waals surface area contributed by atoms with Crippen LogP contribution in [0.4, 0.5) is 4.39 Å². The summed E-state index contributed by atoms with van der Waals surface area (Å²) in [6, 6.07) is 16.0. The van der Waals surface area contributed by atoms with Gasteiger partial charge in [0.1, 0.15) is 11.6 Å². The van der Waals surface area contributed by atoms with Crippen LogP contribution in [0.3, 0.4) is 0 Å². The first-order valence-electron chi connectivity index (χ1n) is 10.0. The third kappa shape index (κ3) is 6.15. The maximum atomic E-state index is 13.1. The highest BCUT2D eigenvalue weighted by molar-refractivity contribution is 5.81. The summed E-state index contributed by atoms with van der Waals surface area (Å²) in [6.07, 6.45) is 2.22. The third-order valence-electron chi connectivity index (χ3n) is 4.98. The van der Waals surface area contributed by atoms with E-state index >= 15 is 0 Å². The Bertz CT molecular complexity index is 1020. The number of primary amides is 1. The number of aromatic amines is 1. The van der Waals surface area contributed by atoms with Crippen molar-refractivity contribution in [1.29, 1.82) is 0 Å². The molecular formula is C23H27FN6O. The average molecular weight is 423 g/mol. The van der Waals surface area contributed by atoms with E-state index in [0.717, 1.165) is 22.6 Å². The van der Waals surface area contributed by atoms with Crippen LogP contribution in [-0.4, -0.2) is 47.4 Å². The van der Waals surface area contributed by atoms with Crippen molar-refractivity contribution in [3.63, 3.8) is 0 Å². The molecular weight excluding hydrogens is 395 g/mol. The van der Waals surface area contributed by atoms with Crippen molar-refractivity contribution in [2.45, 2.75) is 13.0 Å². The summed E-state index contributed by atoms with van der Waals surface area (Å²) in [5, 5.41) is 3.20. The smallest absolute Gasteiger partial charge is 0.222 e. The monoisotopic (exact) mass is 422 g/mol. The van der Waals surface area contributed by atoms with Crippen molar-refractivity contribution in [2.75, 3.05) is 20.6 Å². The van der Waals surface area contributed by atoms with Gasteiger partial charge in [-0.3, -0.25) is 9.79 Å². The number of aliphatic imine (C=N–C) groups is 1. The molecule has 3 rings (SSSR count). The molecule has 1 amide bonds. The van der Waals surface area contributed by atoms with Gasteiger partial charge in [-0.1, -0.05) is 42.5 Å². The number of imidazole rings is 1. The zero-order chi connectivity index (χ0) is 22.2. The van der Waals surface area contributed by atoms with E-state index in [4.69, 9.17) is 5.73 Å². The molecule has 0 aliphatic rings.